The number of ether oxygens (including phenoxy) is 2. The second-order valence-corrected chi connectivity index (χ2v) is 7.30. The minimum atomic E-state index is 0.0154. The predicted molar refractivity (Wildman–Crippen MR) is 96.6 cm³/mol. The van der Waals surface area contributed by atoms with Gasteiger partial charge in [0.15, 0.2) is 0 Å². The Morgan fingerprint density at radius 3 is 3.08 bits per heavy atom. The van der Waals surface area contributed by atoms with E-state index in [9.17, 15) is 5.11 Å². The van der Waals surface area contributed by atoms with Crippen molar-refractivity contribution in [2.75, 3.05) is 39.5 Å². The van der Waals surface area contributed by atoms with Crippen molar-refractivity contribution in [1.29, 1.82) is 0 Å². The zero-order valence-corrected chi connectivity index (χ0v) is 14.8. The SMILES string of the molecule is CCOc1ccc2nc(CN3C[C@@H]4COCC[C@]4(CO)C3)ccc2c1. The van der Waals surface area contributed by atoms with Gasteiger partial charge in [0.1, 0.15) is 5.75 Å². The van der Waals surface area contributed by atoms with E-state index in [0.717, 1.165) is 61.6 Å². The van der Waals surface area contributed by atoms with E-state index in [2.05, 4.69) is 17.0 Å². The molecule has 3 heterocycles. The first-order valence-corrected chi connectivity index (χ1v) is 9.16. The summed E-state index contributed by atoms with van der Waals surface area (Å²) in [6.45, 7) is 7.17. The van der Waals surface area contributed by atoms with Crippen LogP contribution in [0.3, 0.4) is 0 Å². The van der Waals surface area contributed by atoms with Crippen molar-refractivity contribution in [3.05, 3.63) is 36.0 Å². The third kappa shape index (κ3) is 3.24. The van der Waals surface area contributed by atoms with Crippen LogP contribution in [-0.2, 0) is 11.3 Å². The molecule has 0 spiro atoms. The van der Waals surface area contributed by atoms with E-state index in [4.69, 9.17) is 14.5 Å². The fourth-order valence-corrected chi connectivity index (χ4v) is 4.26. The van der Waals surface area contributed by atoms with Gasteiger partial charge in [0, 0.05) is 43.0 Å². The molecule has 0 amide bonds. The maximum atomic E-state index is 9.94. The van der Waals surface area contributed by atoms with Crippen molar-refractivity contribution in [3.63, 3.8) is 0 Å². The number of nitrogens with zero attached hydrogens (tertiary/aromatic N) is 2. The monoisotopic (exact) mass is 342 g/mol. The van der Waals surface area contributed by atoms with Gasteiger partial charge in [0.2, 0.25) is 0 Å². The fraction of sp³-hybridized carbons (Fsp3) is 0.550. The number of aromatic nitrogens is 1. The van der Waals surface area contributed by atoms with Gasteiger partial charge in [-0.25, -0.2) is 0 Å². The third-order valence-corrected chi connectivity index (χ3v) is 5.68. The van der Waals surface area contributed by atoms with Crippen LogP contribution in [0.25, 0.3) is 10.9 Å². The molecule has 4 rings (SSSR count). The summed E-state index contributed by atoms with van der Waals surface area (Å²) in [7, 11) is 0. The topological polar surface area (TPSA) is 54.8 Å². The molecule has 1 aromatic heterocycles. The summed E-state index contributed by atoms with van der Waals surface area (Å²) in [5.74, 6) is 1.32. The molecule has 2 aliphatic rings. The Morgan fingerprint density at radius 2 is 2.28 bits per heavy atom. The minimum absolute atomic E-state index is 0.0154. The smallest absolute Gasteiger partial charge is 0.120 e. The molecule has 2 atom stereocenters. The molecule has 25 heavy (non-hydrogen) atoms. The van der Waals surface area contributed by atoms with Gasteiger partial charge in [-0.1, -0.05) is 6.07 Å². The quantitative estimate of drug-likeness (QED) is 0.905. The van der Waals surface area contributed by atoms with E-state index in [0.29, 0.717) is 12.5 Å². The van der Waals surface area contributed by atoms with Crippen molar-refractivity contribution < 1.29 is 14.6 Å². The van der Waals surface area contributed by atoms with Gasteiger partial charge < -0.3 is 14.6 Å². The van der Waals surface area contributed by atoms with Gasteiger partial charge >= 0.3 is 0 Å². The molecule has 2 aromatic rings. The van der Waals surface area contributed by atoms with E-state index in [1.54, 1.807) is 0 Å². The zero-order valence-electron chi connectivity index (χ0n) is 14.8. The van der Waals surface area contributed by atoms with Crippen LogP contribution in [0.2, 0.25) is 0 Å². The van der Waals surface area contributed by atoms with Crippen molar-refractivity contribution >= 4 is 10.9 Å². The lowest BCUT2D eigenvalue weighted by Gasteiger charge is -2.36. The maximum Gasteiger partial charge on any atom is 0.120 e. The van der Waals surface area contributed by atoms with E-state index in [1.807, 2.05) is 25.1 Å². The molecule has 5 heteroatoms. The highest BCUT2D eigenvalue weighted by molar-refractivity contribution is 5.80. The Kier molecular flexibility index (Phi) is 4.63. The summed E-state index contributed by atoms with van der Waals surface area (Å²) in [4.78, 5) is 7.23. The lowest BCUT2D eigenvalue weighted by molar-refractivity contribution is -0.0417. The van der Waals surface area contributed by atoms with Crippen LogP contribution < -0.4 is 4.74 Å². The molecule has 2 fully saturated rings. The molecule has 2 saturated heterocycles. The molecule has 5 nitrogen and oxygen atoms in total. The first kappa shape index (κ1) is 16.8. The van der Waals surface area contributed by atoms with Crippen LogP contribution in [-0.4, -0.2) is 54.5 Å². The Balaban J connectivity index is 1.50. The lowest BCUT2D eigenvalue weighted by atomic mass is 9.75. The average molecular weight is 342 g/mol. The van der Waals surface area contributed by atoms with Crippen molar-refractivity contribution in [3.8, 4) is 5.75 Å². The van der Waals surface area contributed by atoms with Gasteiger partial charge in [0.25, 0.3) is 0 Å². The number of fused-ring (bicyclic) bond motifs is 2. The van der Waals surface area contributed by atoms with Gasteiger partial charge in [-0.15, -0.1) is 0 Å². The molecule has 0 aliphatic carbocycles. The number of likely N-dealkylation sites (tertiary alicyclic amines) is 1. The lowest BCUT2D eigenvalue weighted by Crippen LogP contribution is -2.41. The first-order valence-electron chi connectivity index (χ1n) is 9.16. The summed E-state index contributed by atoms with van der Waals surface area (Å²) in [6, 6.07) is 10.3. The Labute approximate surface area is 148 Å². The van der Waals surface area contributed by atoms with E-state index in [-0.39, 0.29) is 12.0 Å². The molecule has 134 valence electrons. The van der Waals surface area contributed by atoms with Crippen LogP contribution in [0, 0.1) is 11.3 Å². The molecule has 1 N–H and O–H groups in total. The molecule has 0 bridgehead atoms. The average Bonchev–Trinajstić information content (AvgIpc) is 3.00. The van der Waals surface area contributed by atoms with Gasteiger partial charge in [-0.3, -0.25) is 9.88 Å². The highest BCUT2D eigenvalue weighted by Gasteiger charge is 2.47. The van der Waals surface area contributed by atoms with Gasteiger partial charge in [0.05, 0.1) is 31.0 Å². The first-order chi connectivity index (χ1) is 12.2. The van der Waals surface area contributed by atoms with Crippen molar-refractivity contribution in [1.82, 2.24) is 9.88 Å². The van der Waals surface area contributed by atoms with Gasteiger partial charge in [-0.05, 0) is 37.6 Å². The summed E-state index contributed by atoms with van der Waals surface area (Å²) in [5.41, 5.74) is 2.09. The fourth-order valence-electron chi connectivity index (χ4n) is 4.26. The Bertz CT molecular complexity index is 751. The molecular weight excluding hydrogens is 316 g/mol. The number of rotatable bonds is 5. The molecule has 0 saturated carbocycles. The molecule has 1 aromatic carbocycles. The highest BCUT2D eigenvalue weighted by Crippen LogP contribution is 2.42. The third-order valence-electron chi connectivity index (χ3n) is 5.68. The molecule has 0 radical (unpaired) electrons. The normalized spacial score (nSPS) is 26.7. The molecule has 0 unspecified atom stereocenters. The summed E-state index contributed by atoms with van der Waals surface area (Å²) >= 11 is 0. The predicted octanol–water partition coefficient (Wildman–Crippen LogP) is 2.46. The Morgan fingerprint density at radius 1 is 1.36 bits per heavy atom. The second kappa shape index (κ2) is 6.90. The van der Waals surface area contributed by atoms with Crippen LogP contribution in [0.15, 0.2) is 30.3 Å². The number of aliphatic hydroxyl groups is 1. The standard InChI is InChI=1S/C20H26N2O3/c1-2-25-18-5-6-19-15(9-18)3-4-17(21-19)11-22-10-16-12-24-8-7-20(16,13-22)14-23/h3-6,9,16,23H,2,7-8,10-14H2,1H3/t16-,20-/m1/s1. The second-order valence-electron chi connectivity index (χ2n) is 7.30. The molecular formula is C20H26N2O3. The van der Waals surface area contributed by atoms with Crippen molar-refractivity contribution in [2.45, 2.75) is 19.9 Å². The summed E-state index contributed by atoms with van der Waals surface area (Å²) < 4.78 is 11.2. The van der Waals surface area contributed by atoms with Crippen LogP contribution >= 0.6 is 0 Å². The highest BCUT2D eigenvalue weighted by atomic mass is 16.5. The summed E-state index contributed by atoms with van der Waals surface area (Å²) in [5, 5.41) is 11.0. The number of benzene rings is 1. The minimum Gasteiger partial charge on any atom is -0.494 e. The number of hydrogen-bond acceptors (Lipinski definition) is 5. The largest absolute Gasteiger partial charge is 0.494 e. The Hall–Kier alpha value is -1.69. The van der Waals surface area contributed by atoms with Crippen LogP contribution in [0.5, 0.6) is 5.75 Å². The number of aliphatic hydroxyl groups excluding tert-OH is 1. The molecule has 2 aliphatic heterocycles. The summed E-state index contributed by atoms with van der Waals surface area (Å²) in [6.07, 6.45) is 0.954. The van der Waals surface area contributed by atoms with E-state index < -0.39 is 0 Å². The van der Waals surface area contributed by atoms with Crippen molar-refractivity contribution in [2.24, 2.45) is 11.3 Å². The zero-order chi connectivity index (χ0) is 17.3. The van der Waals surface area contributed by atoms with Crippen LogP contribution in [0.1, 0.15) is 19.0 Å². The number of pyridine rings is 1. The van der Waals surface area contributed by atoms with Gasteiger partial charge in [-0.2, -0.15) is 0 Å². The maximum absolute atomic E-state index is 9.94. The van der Waals surface area contributed by atoms with E-state index in [1.165, 1.54) is 0 Å². The van der Waals surface area contributed by atoms with Crippen LogP contribution in [0.4, 0.5) is 0 Å². The number of hydrogen-bond donors (Lipinski definition) is 1. The van der Waals surface area contributed by atoms with E-state index >= 15 is 0 Å².